The monoisotopic (exact) mass is 374 g/mol. The number of aromatic nitrogens is 2. The summed E-state index contributed by atoms with van der Waals surface area (Å²) in [5, 5.41) is 0.150. The maximum absolute atomic E-state index is 15.1. The van der Waals surface area contributed by atoms with E-state index in [1.54, 1.807) is 13.8 Å². The van der Waals surface area contributed by atoms with E-state index in [1.165, 1.54) is 6.20 Å². The second-order valence-electron chi connectivity index (χ2n) is 7.30. The lowest BCUT2D eigenvalue weighted by molar-refractivity contribution is 0.0524. The molecule has 2 aliphatic rings. The number of carbonyl (C=O) groups is 1. The number of nitrogens with zero attached hydrogens (tertiary/aromatic N) is 3. The Hall–Kier alpha value is -2.48. The van der Waals surface area contributed by atoms with E-state index in [9.17, 15) is 9.59 Å². The number of esters is 1. The van der Waals surface area contributed by atoms with Crippen molar-refractivity contribution in [2.45, 2.75) is 45.2 Å². The average molecular weight is 374 g/mol. The van der Waals surface area contributed by atoms with Crippen molar-refractivity contribution in [3.05, 3.63) is 33.4 Å². The smallest absolute Gasteiger partial charge is 0.343 e. The molecule has 0 aromatic carbocycles. The first kappa shape index (κ1) is 17.9. The van der Waals surface area contributed by atoms with E-state index >= 15 is 4.39 Å². The minimum absolute atomic E-state index is 0.0148. The Kier molecular flexibility index (Phi) is 4.38. The SMILES string of the molecule is CCOC(=O)c1cn(C2CC2)c2nc(N3CCC(N)C3)c(F)c(C)c2c1=O. The van der Waals surface area contributed by atoms with Gasteiger partial charge in [-0.25, -0.2) is 14.2 Å². The molecule has 4 rings (SSSR count). The third-order valence-electron chi connectivity index (χ3n) is 5.28. The fourth-order valence-corrected chi connectivity index (χ4v) is 3.68. The van der Waals surface area contributed by atoms with Gasteiger partial charge in [0.1, 0.15) is 11.2 Å². The highest BCUT2D eigenvalue weighted by molar-refractivity contribution is 5.94. The molecule has 2 N–H and O–H groups in total. The van der Waals surface area contributed by atoms with Gasteiger partial charge in [-0.15, -0.1) is 0 Å². The maximum Gasteiger partial charge on any atom is 0.343 e. The molecule has 0 bridgehead atoms. The van der Waals surface area contributed by atoms with Gasteiger partial charge >= 0.3 is 5.97 Å². The van der Waals surface area contributed by atoms with Gasteiger partial charge in [-0.1, -0.05) is 0 Å². The van der Waals surface area contributed by atoms with Crippen LogP contribution < -0.4 is 16.1 Å². The molecule has 1 saturated carbocycles. The number of anilines is 1. The van der Waals surface area contributed by atoms with E-state index in [2.05, 4.69) is 4.98 Å². The lowest BCUT2D eigenvalue weighted by Gasteiger charge is -2.21. The van der Waals surface area contributed by atoms with Gasteiger partial charge in [0.15, 0.2) is 11.6 Å². The van der Waals surface area contributed by atoms with Crippen molar-refractivity contribution in [2.75, 3.05) is 24.6 Å². The molecule has 1 aliphatic carbocycles. The third kappa shape index (κ3) is 2.97. The molecule has 0 amide bonds. The largest absolute Gasteiger partial charge is 0.462 e. The van der Waals surface area contributed by atoms with Crippen LogP contribution in [0.5, 0.6) is 0 Å². The second-order valence-corrected chi connectivity index (χ2v) is 7.30. The van der Waals surface area contributed by atoms with Crippen LogP contribution in [0, 0.1) is 12.7 Å². The van der Waals surface area contributed by atoms with Gasteiger partial charge in [-0.3, -0.25) is 4.79 Å². The van der Waals surface area contributed by atoms with E-state index in [0.717, 1.165) is 19.3 Å². The standard InChI is InChI=1S/C19H23FN4O3/c1-3-27-19(26)13-9-24(12-4-5-12)17-14(16(13)25)10(2)15(20)18(22-17)23-7-6-11(21)8-23/h9,11-12H,3-8,21H2,1-2H3. The van der Waals surface area contributed by atoms with Crippen molar-refractivity contribution in [2.24, 2.45) is 5.73 Å². The summed E-state index contributed by atoms with van der Waals surface area (Å²) in [4.78, 5) is 31.5. The highest BCUT2D eigenvalue weighted by Crippen LogP contribution is 2.38. The van der Waals surface area contributed by atoms with Crippen molar-refractivity contribution < 1.29 is 13.9 Å². The number of rotatable bonds is 4. The highest BCUT2D eigenvalue weighted by atomic mass is 19.1. The van der Waals surface area contributed by atoms with E-state index in [0.29, 0.717) is 18.7 Å². The van der Waals surface area contributed by atoms with Crippen molar-refractivity contribution in [1.29, 1.82) is 0 Å². The highest BCUT2D eigenvalue weighted by Gasteiger charge is 2.31. The lowest BCUT2D eigenvalue weighted by atomic mass is 10.1. The molecule has 8 heteroatoms. The van der Waals surface area contributed by atoms with Gasteiger partial charge in [-0.2, -0.15) is 0 Å². The summed E-state index contributed by atoms with van der Waals surface area (Å²) >= 11 is 0. The lowest BCUT2D eigenvalue weighted by Crippen LogP contribution is -2.29. The van der Waals surface area contributed by atoms with Gasteiger partial charge in [0.25, 0.3) is 0 Å². The summed E-state index contributed by atoms with van der Waals surface area (Å²) in [6, 6.07) is 0.145. The Labute approximate surface area is 155 Å². The number of ether oxygens (including phenoxy) is 1. The van der Waals surface area contributed by atoms with E-state index in [1.807, 2.05) is 9.47 Å². The molecule has 3 heterocycles. The Bertz CT molecular complexity index is 983. The fraction of sp³-hybridized carbons (Fsp3) is 0.526. The van der Waals surface area contributed by atoms with Crippen LogP contribution in [-0.2, 0) is 4.74 Å². The first-order chi connectivity index (χ1) is 12.9. The minimum Gasteiger partial charge on any atom is -0.462 e. The first-order valence-corrected chi connectivity index (χ1v) is 9.35. The van der Waals surface area contributed by atoms with Crippen molar-refractivity contribution >= 4 is 22.8 Å². The van der Waals surface area contributed by atoms with E-state index < -0.39 is 17.2 Å². The fourth-order valence-electron chi connectivity index (χ4n) is 3.68. The number of hydrogen-bond donors (Lipinski definition) is 1. The van der Waals surface area contributed by atoms with Crippen LogP contribution in [0.1, 0.15) is 48.1 Å². The molecule has 1 aliphatic heterocycles. The number of hydrogen-bond acceptors (Lipinski definition) is 6. The van der Waals surface area contributed by atoms with Crippen LogP contribution >= 0.6 is 0 Å². The molecule has 27 heavy (non-hydrogen) atoms. The van der Waals surface area contributed by atoms with E-state index in [-0.39, 0.29) is 41.0 Å². The van der Waals surface area contributed by atoms with Gasteiger partial charge in [0.05, 0.1) is 12.0 Å². The third-order valence-corrected chi connectivity index (χ3v) is 5.28. The molecule has 2 fully saturated rings. The minimum atomic E-state index is -0.687. The summed E-state index contributed by atoms with van der Waals surface area (Å²) in [7, 11) is 0. The molecule has 144 valence electrons. The summed E-state index contributed by atoms with van der Waals surface area (Å²) in [5.74, 6) is -0.990. The van der Waals surface area contributed by atoms with Gasteiger partial charge in [0.2, 0.25) is 5.43 Å². The van der Waals surface area contributed by atoms with Crippen LogP contribution in [0.15, 0.2) is 11.0 Å². The zero-order valence-corrected chi connectivity index (χ0v) is 15.5. The Morgan fingerprint density at radius 1 is 1.41 bits per heavy atom. The summed E-state index contributed by atoms with van der Waals surface area (Å²) in [5.41, 5.74) is 5.98. The molecular weight excluding hydrogens is 351 g/mol. The van der Waals surface area contributed by atoms with Gasteiger partial charge in [0, 0.05) is 36.9 Å². The van der Waals surface area contributed by atoms with Crippen molar-refractivity contribution in [1.82, 2.24) is 9.55 Å². The normalized spacial score (nSPS) is 19.7. The second kappa shape index (κ2) is 6.60. The molecule has 7 nitrogen and oxygen atoms in total. The Morgan fingerprint density at radius 2 is 2.15 bits per heavy atom. The first-order valence-electron chi connectivity index (χ1n) is 9.35. The van der Waals surface area contributed by atoms with Gasteiger partial charge in [-0.05, 0) is 33.1 Å². The Balaban J connectivity index is 1.97. The number of pyridine rings is 2. The van der Waals surface area contributed by atoms with Gasteiger partial charge < -0.3 is 19.9 Å². The summed E-state index contributed by atoms with van der Waals surface area (Å²) in [6.45, 7) is 4.57. The van der Waals surface area contributed by atoms with Crippen LogP contribution in [0.2, 0.25) is 0 Å². The van der Waals surface area contributed by atoms with Crippen LogP contribution in [0.4, 0.5) is 10.2 Å². The molecule has 2 aromatic rings. The Morgan fingerprint density at radius 3 is 2.74 bits per heavy atom. The quantitative estimate of drug-likeness (QED) is 0.822. The van der Waals surface area contributed by atoms with Crippen LogP contribution in [0.25, 0.3) is 11.0 Å². The predicted molar refractivity (Wildman–Crippen MR) is 99.7 cm³/mol. The molecular formula is C19H23FN4O3. The number of halogens is 1. The maximum atomic E-state index is 15.1. The molecule has 2 aromatic heterocycles. The zero-order chi connectivity index (χ0) is 19.3. The van der Waals surface area contributed by atoms with Crippen LogP contribution in [-0.4, -0.2) is 41.3 Å². The molecule has 1 saturated heterocycles. The summed E-state index contributed by atoms with van der Waals surface area (Å²) in [6.07, 6.45) is 4.16. The molecule has 0 radical (unpaired) electrons. The number of nitrogens with two attached hydrogens (primary N) is 1. The summed E-state index contributed by atoms with van der Waals surface area (Å²) < 4.78 is 22.0. The van der Waals surface area contributed by atoms with E-state index in [4.69, 9.17) is 10.5 Å². The molecule has 0 spiro atoms. The topological polar surface area (TPSA) is 90.5 Å². The number of fused-ring (bicyclic) bond motifs is 1. The molecule has 1 atom stereocenters. The van der Waals surface area contributed by atoms with Crippen LogP contribution in [0.3, 0.4) is 0 Å². The molecule has 1 unspecified atom stereocenters. The predicted octanol–water partition coefficient (Wildman–Crippen LogP) is 1.89. The number of aryl methyl sites for hydroxylation is 1. The zero-order valence-electron chi connectivity index (χ0n) is 15.5. The van der Waals surface area contributed by atoms with Crippen molar-refractivity contribution in [3.63, 3.8) is 0 Å². The van der Waals surface area contributed by atoms with Crippen molar-refractivity contribution in [3.8, 4) is 0 Å². The number of carbonyl (C=O) groups excluding carboxylic acids is 1. The average Bonchev–Trinajstić information content (AvgIpc) is 3.39.